The van der Waals surface area contributed by atoms with Gasteiger partial charge < -0.3 is 10.4 Å². The number of hydrogen-bond acceptors (Lipinski definition) is 3. The van der Waals surface area contributed by atoms with E-state index in [0.717, 1.165) is 16.5 Å². The molecule has 0 aliphatic heterocycles. The fourth-order valence-corrected chi connectivity index (χ4v) is 3.75. The number of amides is 1. The lowest BCUT2D eigenvalue weighted by molar-refractivity contribution is -0.124. The molecule has 0 saturated heterocycles. The first-order valence-electron chi connectivity index (χ1n) is 9.27. The summed E-state index contributed by atoms with van der Waals surface area (Å²) >= 11 is 4.35. The van der Waals surface area contributed by atoms with Crippen LogP contribution < -0.4 is 5.32 Å². The minimum atomic E-state index is -1.02. The van der Waals surface area contributed by atoms with Crippen molar-refractivity contribution in [2.75, 3.05) is 5.75 Å². The second kappa shape index (κ2) is 8.97. The Morgan fingerprint density at radius 2 is 1.75 bits per heavy atom. The standard InChI is InChI=1S/C22H24N2O3S/c1-15(23-21(25)18(14-28)12-16-7-3-2-4-8-16)11-17-13-24(22(26)27)20-10-6-5-9-19(17)20/h2-10,13,15,18,28H,11-12,14H2,1H3,(H,23,25)(H,26,27)/t15-,18?/m0/s1. The molecule has 1 heterocycles. The third kappa shape index (κ3) is 4.57. The molecule has 0 fully saturated rings. The Kier molecular flexibility index (Phi) is 6.41. The van der Waals surface area contributed by atoms with Crippen molar-refractivity contribution >= 4 is 35.5 Å². The third-order valence-corrected chi connectivity index (χ3v) is 5.27. The normalized spacial score (nSPS) is 13.2. The lowest BCUT2D eigenvalue weighted by atomic mass is 9.99. The van der Waals surface area contributed by atoms with E-state index in [0.29, 0.717) is 24.1 Å². The monoisotopic (exact) mass is 396 g/mol. The maximum Gasteiger partial charge on any atom is 0.416 e. The molecule has 0 bridgehead atoms. The van der Waals surface area contributed by atoms with Gasteiger partial charge in [0.05, 0.1) is 11.4 Å². The summed E-state index contributed by atoms with van der Waals surface area (Å²) in [4.78, 5) is 24.2. The van der Waals surface area contributed by atoms with E-state index in [1.54, 1.807) is 12.3 Å². The molecule has 0 aliphatic rings. The summed E-state index contributed by atoms with van der Waals surface area (Å²) in [6.07, 6.45) is 1.81. The Bertz CT molecular complexity index is 968. The Hall–Kier alpha value is -2.73. The van der Waals surface area contributed by atoms with Gasteiger partial charge >= 0.3 is 6.09 Å². The van der Waals surface area contributed by atoms with E-state index in [1.165, 1.54) is 4.57 Å². The fraction of sp³-hybridized carbons (Fsp3) is 0.273. The molecule has 5 nitrogen and oxygen atoms in total. The van der Waals surface area contributed by atoms with Crippen LogP contribution in [0.3, 0.4) is 0 Å². The SMILES string of the molecule is C[C@@H](Cc1cn(C(=O)O)c2ccccc12)NC(=O)C(CS)Cc1ccccc1. The molecule has 2 N–H and O–H groups in total. The van der Waals surface area contributed by atoms with E-state index in [-0.39, 0.29) is 17.9 Å². The summed E-state index contributed by atoms with van der Waals surface area (Å²) in [6.45, 7) is 1.93. The molecule has 3 rings (SSSR count). The number of rotatable bonds is 7. The molecule has 0 spiro atoms. The first kappa shape index (κ1) is 20.0. The van der Waals surface area contributed by atoms with Crippen LogP contribution in [0.25, 0.3) is 10.9 Å². The average Bonchev–Trinajstić information content (AvgIpc) is 3.05. The molecular weight excluding hydrogens is 372 g/mol. The highest BCUT2D eigenvalue weighted by molar-refractivity contribution is 7.80. The lowest BCUT2D eigenvalue weighted by Crippen LogP contribution is -2.39. The third-order valence-electron chi connectivity index (χ3n) is 4.83. The van der Waals surface area contributed by atoms with Crippen LogP contribution in [0.1, 0.15) is 18.1 Å². The van der Waals surface area contributed by atoms with Gasteiger partial charge in [-0.25, -0.2) is 4.79 Å². The number of hydrogen-bond donors (Lipinski definition) is 3. The molecule has 6 heteroatoms. The first-order valence-corrected chi connectivity index (χ1v) is 9.90. The number of carbonyl (C=O) groups is 2. The zero-order valence-corrected chi connectivity index (χ0v) is 16.6. The largest absolute Gasteiger partial charge is 0.464 e. The Labute approximate surface area is 169 Å². The Morgan fingerprint density at radius 3 is 2.43 bits per heavy atom. The van der Waals surface area contributed by atoms with Gasteiger partial charge in [-0.1, -0.05) is 48.5 Å². The van der Waals surface area contributed by atoms with Crippen LogP contribution in [0.4, 0.5) is 4.79 Å². The number of nitrogens with zero attached hydrogens (tertiary/aromatic N) is 1. The number of fused-ring (bicyclic) bond motifs is 1. The minimum Gasteiger partial charge on any atom is -0.464 e. The van der Waals surface area contributed by atoms with Gasteiger partial charge in [-0.15, -0.1) is 0 Å². The van der Waals surface area contributed by atoms with Crippen molar-refractivity contribution < 1.29 is 14.7 Å². The van der Waals surface area contributed by atoms with Gasteiger partial charge in [-0.2, -0.15) is 12.6 Å². The summed E-state index contributed by atoms with van der Waals surface area (Å²) < 4.78 is 1.23. The zero-order valence-electron chi connectivity index (χ0n) is 15.7. The van der Waals surface area contributed by atoms with Crippen LogP contribution >= 0.6 is 12.6 Å². The summed E-state index contributed by atoms with van der Waals surface area (Å²) in [5.74, 6) is 0.216. The molecule has 0 saturated carbocycles. The number of carboxylic acid groups (broad SMARTS) is 1. The fourth-order valence-electron chi connectivity index (χ4n) is 3.45. The molecule has 1 aromatic heterocycles. The number of aromatic nitrogens is 1. The molecule has 0 radical (unpaired) electrons. The lowest BCUT2D eigenvalue weighted by Gasteiger charge is -2.19. The molecule has 2 aromatic carbocycles. The van der Waals surface area contributed by atoms with Gasteiger partial charge in [0.1, 0.15) is 0 Å². The summed E-state index contributed by atoms with van der Waals surface area (Å²) in [7, 11) is 0. The molecule has 1 amide bonds. The number of nitrogens with one attached hydrogen (secondary N) is 1. The maximum absolute atomic E-state index is 12.7. The zero-order chi connectivity index (χ0) is 20.1. The van der Waals surface area contributed by atoms with Crippen LogP contribution in [0, 0.1) is 5.92 Å². The highest BCUT2D eigenvalue weighted by atomic mass is 32.1. The van der Waals surface area contributed by atoms with Crippen molar-refractivity contribution in [2.45, 2.75) is 25.8 Å². The van der Waals surface area contributed by atoms with Crippen molar-refractivity contribution in [1.82, 2.24) is 9.88 Å². The molecule has 1 unspecified atom stereocenters. The minimum absolute atomic E-state index is 0.0340. The van der Waals surface area contributed by atoms with Crippen LogP contribution in [-0.2, 0) is 17.6 Å². The second-order valence-corrected chi connectivity index (χ2v) is 7.37. The molecule has 146 valence electrons. The van der Waals surface area contributed by atoms with E-state index in [4.69, 9.17) is 0 Å². The Morgan fingerprint density at radius 1 is 1.07 bits per heavy atom. The highest BCUT2D eigenvalue weighted by Crippen LogP contribution is 2.22. The molecular formula is C22H24N2O3S. The number of thiol groups is 1. The maximum atomic E-state index is 12.7. The van der Waals surface area contributed by atoms with Crippen LogP contribution in [0.5, 0.6) is 0 Å². The van der Waals surface area contributed by atoms with Gasteiger partial charge in [0.15, 0.2) is 0 Å². The van der Waals surface area contributed by atoms with Crippen molar-refractivity contribution in [3.8, 4) is 0 Å². The Balaban J connectivity index is 1.69. The number of benzene rings is 2. The molecule has 3 aromatic rings. The predicted molar refractivity (Wildman–Crippen MR) is 114 cm³/mol. The summed E-state index contributed by atoms with van der Waals surface area (Å²) in [5, 5.41) is 13.4. The van der Waals surface area contributed by atoms with Gasteiger partial charge in [-0.3, -0.25) is 9.36 Å². The van der Waals surface area contributed by atoms with Crippen molar-refractivity contribution in [1.29, 1.82) is 0 Å². The van der Waals surface area contributed by atoms with Crippen LogP contribution in [0.2, 0.25) is 0 Å². The summed E-state index contributed by atoms with van der Waals surface area (Å²) in [5.41, 5.74) is 2.66. The van der Waals surface area contributed by atoms with Crippen molar-refractivity contribution in [2.24, 2.45) is 5.92 Å². The summed E-state index contributed by atoms with van der Waals surface area (Å²) in [6, 6.07) is 17.2. The quantitative estimate of drug-likeness (QED) is 0.529. The molecule has 2 atom stereocenters. The smallest absolute Gasteiger partial charge is 0.416 e. The highest BCUT2D eigenvalue weighted by Gasteiger charge is 2.20. The second-order valence-electron chi connectivity index (χ2n) is 7.01. The van der Waals surface area contributed by atoms with Crippen LogP contribution in [0.15, 0.2) is 60.8 Å². The molecule has 0 aliphatic carbocycles. The van der Waals surface area contributed by atoms with Gasteiger partial charge in [0, 0.05) is 23.4 Å². The van der Waals surface area contributed by atoms with E-state index >= 15 is 0 Å². The molecule has 28 heavy (non-hydrogen) atoms. The number of carbonyl (C=O) groups excluding carboxylic acids is 1. The topological polar surface area (TPSA) is 71.3 Å². The predicted octanol–water partition coefficient (Wildman–Crippen LogP) is 4.00. The van der Waals surface area contributed by atoms with Crippen LogP contribution in [-0.4, -0.2) is 33.5 Å². The van der Waals surface area contributed by atoms with E-state index < -0.39 is 6.09 Å². The number of para-hydroxylation sites is 1. The van der Waals surface area contributed by atoms with Gasteiger partial charge in [0.25, 0.3) is 0 Å². The van der Waals surface area contributed by atoms with Gasteiger partial charge in [-0.05, 0) is 37.0 Å². The first-order chi connectivity index (χ1) is 13.5. The van der Waals surface area contributed by atoms with Crippen molar-refractivity contribution in [3.05, 3.63) is 71.9 Å². The van der Waals surface area contributed by atoms with E-state index in [1.807, 2.05) is 55.5 Å². The van der Waals surface area contributed by atoms with E-state index in [9.17, 15) is 14.7 Å². The van der Waals surface area contributed by atoms with Gasteiger partial charge in [0.2, 0.25) is 5.91 Å². The van der Waals surface area contributed by atoms with Crippen molar-refractivity contribution in [3.63, 3.8) is 0 Å². The average molecular weight is 397 g/mol. The van der Waals surface area contributed by atoms with E-state index in [2.05, 4.69) is 17.9 Å².